The van der Waals surface area contributed by atoms with Crippen molar-refractivity contribution in [3.63, 3.8) is 0 Å². The lowest BCUT2D eigenvalue weighted by Crippen LogP contribution is -2.14. The minimum atomic E-state index is -0.648. The first-order chi connectivity index (χ1) is 13.6. The van der Waals surface area contributed by atoms with Crippen LogP contribution in [-0.2, 0) is 11.2 Å². The van der Waals surface area contributed by atoms with Gasteiger partial charge >= 0.3 is 0 Å². The Labute approximate surface area is 171 Å². The first kappa shape index (κ1) is 19.5. The van der Waals surface area contributed by atoms with Gasteiger partial charge in [-0.05, 0) is 47.4 Å². The molecule has 3 rings (SSSR count). The Morgan fingerprint density at radius 1 is 1.04 bits per heavy atom. The summed E-state index contributed by atoms with van der Waals surface area (Å²) < 4.78 is 14.7. The van der Waals surface area contributed by atoms with Crippen LogP contribution in [0.5, 0.6) is 0 Å². The lowest BCUT2D eigenvalue weighted by atomic mass is 10.0. The van der Waals surface area contributed by atoms with Gasteiger partial charge in [-0.2, -0.15) is 5.26 Å². The first-order valence-electron chi connectivity index (χ1n) is 8.57. The van der Waals surface area contributed by atoms with E-state index in [1.807, 2.05) is 48.5 Å². The van der Waals surface area contributed by atoms with E-state index in [-0.39, 0.29) is 11.3 Å². The van der Waals surface area contributed by atoms with Crippen molar-refractivity contribution in [1.29, 1.82) is 5.26 Å². The van der Waals surface area contributed by atoms with Gasteiger partial charge in [-0.25, -0.2) is 4.39 Å². The Kier molecular flexibility index (Phi) is 6.36. The average Bonchev–Trinajstić information content (AvgIpc) is 2.70. The van der Waals surface area contributed by atoms with E-state index >= 15 is 0 Å². The van der Waals surface area contributed by atoms with E-state index in [2.05, 4.69) is 27.3 Å². The summed E-state index contributed by atoms with van der Waals surface area (Å²) >= 11 is 3.54. The predicted octanol–water partition coefficient (Wildman–Crippen LogP) is 5.72. The molecule has 0 unspecified atom stereocenters. The molecule has 0 bridgehead atoms. The third kappa shape index (κ3) is 4.93. The van der Waals surface area contributed by atoms with Crippen LogP contribution >= 0.6 is 15.9 Å². The highest BCUT2D eigenvalue weighted by Crippen LogP contribution is 2.20. The van der Waals surface area contributed by atoms with Gasteiger partial charge in [0.2, 0.25) is 0 Å². The van der Waals surface area contributed by atoms with Crippen molar-refractivity contribution in [2.45, 2.75) is 6.42 Å². The summed E-state index contributed by atoms with van der Waals surface area (Å²) in [5, 5.41) is 11.7. The fraction of sp³-hybridized carbons (Fsp3) is 0.0435. The van der Waals surface area contributed by atoms with Gasteiger partial charge in [0.25, 0.3) is 5.91 Å². The molecule has 1 N–H and O–H groups in total. The van der Waals surface area contributed by atoms with E-state index in [0.29, 0.717) is 0 Å². The minimum absolute atomic E-state index is 0.0393. The van der Waals surface area contributed by atoms with Crippen LogP contribution in [0.4, 0.5) is 10.1 Å². The van der Waals surface area contributed by atoms with Gasteiger partial charge in [-0.1, -0.05) is 70.5 Å². The largest absolute Gasteiger partial charge is 0.319 e. The minimum Gasteiger partial charge on any atom is -0.319 e. The Morgan fingerprint density at radius 2 is 1.71 bits per heavy atom. The number of halogens is 2. The summed E-state index contributed by atoms with van der Waals surface area (Å²) in [6.45, 7) is 0. The Hall–Kier alpha value is -3.23. The third-order valence-electron chi connectivity index (χ3n) is 4.13. The maximum Gasteiger partial charge on any atom is 0.266 e. The zero-order valence-corrected chi connectivity index (χ0v) is 16.4. The van der Waals surface area contributed by atoms with Crippen LogP contribution in [0.15, 0.2) is 82.8 Å². The van der Waals surface area contributed by atoms with Crippen LogP contribution in [0.25, 0.3) is 6.08 Å². The number of hydrogen-bond acceptors (Lipinski definition) is 2. The Balaban J connectivity index is 1.74. The molecule has 0 aliphatic heterocycles. The number of amides is 1. The van der Waals surface area contributed by atoms with E-state index in [9.17, 15) is 14.4 Å². The monoisotopic (exact) mass is 434 g/mol. The van der Waals surface area contributed by atoms with E-state index in [1.165, 1.54) is 29.8 Å². The van der Waals surface area contributed by atoms with Gasteiger partial charge in [0.1, 0.15) is 17.5 Å². The maximum atomic E-state index is 13.7. The smallest absolute Gasteiger partial charge is 0.266 e. The molecule has 0 saturated carbocycles. The number of hydrogen-bond donors (Lipinski definition) is 1. The average molecular weight is 435 g/mol. The van der Waals surface area contributed by atoms with Gasteiger partial charge in [0.05, 0.1) is 5.69 Å². The molecule has 1 amide bonds. The molecule has 138 valence electrons. The zero-order chi connectivity index (χ0) is 19.9. The molecule has 28 heavy (non-hydrogen) atoms. The molecule has 3 aromatic carbocycles. The molecule has 3 nitrogen and oxygen atoms in total. The van der Waals surface area contributed by atoms with Crippen LogP contribution in [0.1, 0.15) is 16.7 Å². The molecule has 0 aliphatic rings. The highest BCUT2D eigenvalue weighted by molar-refractivity contribution is 9.10. The first-order valence-corrected chi connectivity index (χ1v) is 9.36. The van der Waals surface area contributed by atoms with E-state index in [4.69, 9.17) is 0 Å². The number of nitrogens with zero attached hydrogens (tertiary/aromatic N) is 1. The van der Waals surface area contributed by atoms with Crippen molar-refractivity contribution in [2.24, 2.45) is 0 Å². The van der Waals surface area contributed by atoms with Crippen molar-refractivity contribution in [3.8, 4) is 6.07 Å². The molecule has 0 atom stereocenters. The number of anilines is 1. The second-order valence-electron chi connectivity index (χ2n) is 6.11. The van der Waals surface area contributed by atoms with Crippen molar-refractivity contribution in [1.82, 2.24) is 0 Å². The number of nitriles is 1. The summed E-state index contributed by atoms with van der Waals surface area (Å²) in [6, 6.07) is 23.3. The summed E-state index contributed by atoms with van der Waals surface area (Å²) in [7, 11) is 0. The molecule has 0 aromatic heterocycles. The van der Waals surface area contributed by atoms with Crippen LogP contribution in [0.3, 0.4) is 0 Å². The van der Waals surface area contributed by atoms with Crippen LogP contribution in [0.2, 0.25) is 0 Å². The molecule has 0 spiro atoms. The molecule has 0 aliphatic carbocycles. The third-order valence-corrected chi connectivity index (χ3v) is 4.90. The van der Waals surface area contributed by atoms with Crippen LogP contribution in [-0.4, -0.2) is 5.91 Å². The zero-order valence-electron chi connectivity index (χ0n) is 14.8. The molecule has 0 fully saturated rings. The van der Waals surface area contributed by atoms with Gasteiger partial charge in [0, 0.05) is 4.47 Å². The number of nitrogens with one attached hydrogen (secondary N) is 1. The van der Waals surface area contributed by atoms with Crippen molar-refractivity contribution in [2.75, 3.05) is 5.32 Å². The number of carbonyl (C=O) groups excluding carboxylic acids is 1. The molecule has 5 heteroatoms. The van der Waals surface area contributed by atoms with E-state index < -0.39 is 11.7 Å². The Bertz CT molecular complexity index is 1070. The molecular weight excluding hydrogens is 419 g/mol. The summed E-state index contributed by atoms with van der Waals surface area (Å²) in [4.78, 5) is 12.3. The van der Waals surface area contributed by atoms with Crippen molar-refractivity contribution < 1.29 is 9.18 Å². The molecule has 0 heterocycles. The quantitative estimate of drug-likeness (QED) is 0.412. The van der Waals surface area contributed by atoms with Gasteiger partial charge in [-0.15, -0.1) is 0 Å². The van der Waals surface area contributed by atoms with Gasteiger partial charge in [0.15, 0.2) is 0 Å². The number of benzene rings is 3. The lowest BCUT2D eigenvalue weighted by molar-refractivity contribution is -0.112. The van der Waals surface area contributed by atoms with Gasteiger partial charge in [-0.3, -0.25) is 4.79 Å². The standard InChI is InChI=1S/C23H16BrFN2O/c24-20-6-2-1-5-18(20)13-16-9-11-17(12-10-16)14-19(15-26)23(28)27-22-8-4-3-7-21(22)25/h1-12,14H,13H2,(H,27,28)/b19-14+. The molecular formula is C23H16BrFN2O. The second-order valence-corrected chi connectivity index (χ2v) is 6.97. The van der Waals surface area contributed by atoms with Crippen molar-refractivity contribution in [3.05, 3.63) is 105 Å². The number of carbonyl (C=O) groups is 1. The summed E-state index contributed by atoms with van der Waals surface area (Å²) in [6.07, 6.45) is 2.25. The van der Waals surface area contributed by atoms with Crippen LogP contribution < -0.4 is 5.32 Å². The molecule has 0 saturated heterocycles. The normalized spacial score (nSPS) is 11.0. The molecule has 3 aromatic rings. The fourth-order valence-electron chi connectivity index (χ4n) is 2.66. The lowest BCUT2D eigenvalue weighted by Gasteiger charge is -2.06. The summed E-state index contributed by atoms with van der Waals surface area (Å²) in [5.41, 5.74) is 2.95. The SMILES string of the molecule is N#C/C(=C\c1ccc(Cc2ccccc2Br)cc1)C(=O)Nc1ccccc1F. The second kappa shape index (κ2) is 9.12. The maximum absolute atomic E-state index is 13.7. The van der Waals surface area contributed by atoms with Gasteiger partial charge < -0.3 is 5.32 Å². The van der Waals surface area contributed by atoms with E-state index in [1.54, 1.807) is 6.07 Å². The fourth-order valence-corrected chi connectivity index (χ4v) is 3.09. The van der Waals surface area contributed by atoms with Crippen molar-refractivity contribution >= 4 is 33.6 Å². The summed E-state index contributed by atoms with van der Waals surface area (Å²) in [5.74, 6) is -1.20. The predicted molar refractivity (Wildman–Crippen MR) is 112 cm³/mol. The highest BCUT2D eigenvalue weighted by Gasteiger charge is 2.11. The highest BCUT2D eigenvalue weighted by atomic mass is 79.9. The number of rotatable bonds is 5. The topological polar surface area (TPSA) is 52.9 Å². The van der Waals surface area contributed by atoms with E-state index in [0.717, 1.165) is 22.0 Å². The number of para-hydroxylation sites is 1. The van der Waals surface area contributed by atoms with Crippen LogP contribution in [0, 0.1) is 17.1 Å². The Morgan fingerprint density at radius 3 is 2.39 bits per heavy atom. The molecule has 0 radical (unpaired) electrons.